The Labute approximate surface area is 109 Å². The van der Waals surface area contributed by atoms with Crippen LogP contribution in [-0.4, -0.2) is 32.8 Å². The third-order valence-corrected chi connectivity index (χ3v) is 3.53. The third-order valence-electron chi connectivity index (χ3n) is 3.53. The summed E-state index contributed by atoms with van der Waals surface area (Å²) in [7, 11) is 0. The Morgan fingerprint density at radius 3 is 2.89 bits per heavy atom. The molecule has 1 aliphatic rings. The minimum absolute atomic E-state index is 0.494. The van der Waals surface area contributed by atoms with Gasteiger partial charge in [0.05, 0.1) is 18.7 Å². The first-order valence-electron chi connectivity index (χ1n) is 6.29. The van der Waals surface area contributed by atoms with Crippen molar-refractivity contribution in [3.05, 3.63) is 30.1 Å². The molecule has 6 heteroatoms. The van der Waals surface area contributed by atoms with E-state index in [-0.39, 0.29) is 0 Å². The molecular weight excluding hydrogens is 242 g/mol. The maximum atomic E-state index is 5.96. The Balaban J connectivity index is 1.97. The van der Waals surface area contributed by atoms with Gasteiger partial charge in [-0.05, 0) is 12.1 Å². The van der Waals surface area contributed by atoms with E-state index in [0.29, 0.717) is 17.5 Å². The Hall–Kier alpha value is -2.21. The summed E-state index contributed by atoms with van der Waals surface area (Å²) in [6.45, 7) is 1.60. The summed E-state index contributed by atoms with van der Waals surface area (Å²) in [6, 6.07) is 7.92. The SMILES string of the molecule is Nc1nc2nnc(CC3COC3)n2c2ccccc12. The van der Waals surface area contributed by atoms with E-state index in [2.05, 4.69) is 15.2 Å². The molecule has 0 aliphatic carbocycles. The van der Waals surface area contributed by atoms with Crippen LogP contribution in [-0.2, 0) is 11.2 Å². The van der Waals surface area contributed by atoms with E-state index in [0.717, 1.165) is 36.4 Å². The van der Waals surface area contributed by atoms with Crippen LogP contribution in [0.15, 0.2) is 24.3 Å². The number of benzene rings is 1. The first-order valence-corrected chi connectivity index (χ1v) is 6.29. The first kappa shape index (κ1) is 10.7. The molecule has 1 fully saturated rings. The van der Waals surface area contributed by atoms with Crippen molar-refractivity contribution in [1.82, 2.24) is 19.6 Å². The lowest BCUT2D eigenvalue weighted by Gasteiger charge is -2.25. The van der Waals surface area contributed by atoms with Gasteiger partial charge in [0.2, 0.25) is 0 Å². The molecule has 1 aromatic carbocycles. The Morgan fingerprint density at radius 2 is 2.11 bits per heavy atom. The number of nitrogen functional groups attached to an aromatic ring is 1. The van der Waals surface area contributed by atoms with Crippen molar-refractivity contribution < 1.29 is 4.74 Å². The highest BCUT2D eigenvalue weighted by Crippen LogP contribution is 2.23. The van der Waals surface area contributed by atoms with Gasteiger partial charge < -0.3 is 10.5 Å². The molecule has 3 heterocycles. The minimum atomic E-state index is 0.494. The number of ether oxygens (including phenoxy) is 1. The maximum Gasteiger partial charge on any atom is 0.257 e. The highest BCUT2D eigenvalue weighted by atomic mass is 16.5. The summed E-state index contributed by atoms with van der Waals surface area (Å²) >= 11 is 0. The van der Waals surface area contributed by atoms with Crippen molar-refractivity contribution in [3.63, 3.8) is 0 Å². The van der Waals surface area contributed by atoms with Gasteiger partial charge in [-0.2, -0.15) is 4.98 Å². The zero-order valence-electron chi connectivity index (χ0n) is 10.3. The van der Waals surface area contributed by atoms with E-state index in [1.54, 1.807) is 0 Å². The highest BCUT2D eigenvalue weighted by molar-refractivity contribution is 5.90. The van der Waals surface area contributed by atoms with E-state index in [1.807, 2.05) is 28.7 Å². The monoisotopic (exact) mass is 255 g/mol. The standard InChI is InChI=1S/C13H13N5O/c14-12-9-3-1-2-4-10(9)18-11(5-8-6-19-7-8)16-17-13(18)15-12/h1-4,8H,5-7H2,(H2,14,15,17). The summed E-state index contributed by atoms with van der Waals surface area (Å²) in [5, 5.41) is 9.30. The largest absolute Gasteiger partial charge is 0.383 e. The molecular formula is C13H13N5O. The van der Waals surface area contributed by atoms with E-state index in [4.69, 9.17) is 10.5 Å². The van der Waals surface area contributed by atoms with Gasteiger partial charge >= 0.3 is 0 Å². The van der Waals surface area contributed by atoms with Gasteiger partial charge in [-0.1, -0.05) is 12.1 Å². The molecule has 3 aromatic rings. The summed E-state index contributed by atoms with van der Waals surface area (Å²) in [5.41, 5.74) is 6.96. The van der Waals surface area contributed by atoms with Crippen LogP contribution in [0.3, 0.4) is 0 Å². The first-order chi connectivity index (χ1) is 9.33. The van der Waals surface area contributed by atoms with Gasteiger partial charge in [-0.3, -0.25) is 4.40 Å². The molecule has 19 heavy (non-hydrogen) atoms. The third kappa shape index (κ3) is 1.57. The normalized spacial score (nSPS) is 16.0. The topological polar surface area (TPSA) is 78.3 Å². The zero-order valence-corrected chi connectivity index (χ0v) is 10.3. The second-order valence-corrected chi connectivity index (χ2v) is 4.87. The second kappa shape index (κ2) is 3.89. The van der Waals surface area contributed by atoms with E-state index < -0.39 is 0 Å². The highest BCUT2D eigenvalue weighted by Gasteiger charge is 2.22. The van der Waals surface area contributed by atoms with Crippen LogP contribution in [0.25, 0.3) is 16.7 Å². The minimum Gasteiger partial charge on any atom is -0.383 e. The molecule has 1 saturated heterocycles. The molecule has 0 spiro atoms. The molecule has 0 radical (unpaired) electrons. The summed E-state index contributed by atoms with van der Waals surface area (Å²) in [6.07, 6.45) is 0.858. The lowest BCUT2D eigenvalue weighted by Crippen LogP contribution is -2.30. The smallest absolute Gasteiger partial charge is 0.257 e. The second-order valence-electron chi connectivity index (χ2n) is 4.87. The van der Waals surface area contributed by atoms with Gasteiger partial charge in [0.25, 0.3) is 5.78 Å². The van der Waals surface area contributed by atoms with Gasteiger partial charge in [0.15, 0.2) is 0 Å². The molecule has 2 aromatic heterocycles. The number of rotatable bonds is 2. The molecule has 6 nitrogen and oxygen atoms in total. The predicted molar refractivity (Wildman–Crippen MR) is 70.7 cm³/mol. The number of aromatic nitrogens is 4. The van der Waals surface area contributed by atoms with E-state index in [1.165, 1.54) is 0 Å². The molecule has 2 N–H and O–H groups in total. The molecule has 1 aliphatic heterocycles. The predicted octanol–water partition coefficient (Wildman–Crippen LogP) is 1.05. The quantitative estimate of drug-likeness (QED) is 0.740. The summed E-state index contributed by atoms with van der Waals surface area (Å²) in [4.78, 5) is 4.31. The van der Waals surface area contributed by atoms with E-state index >= 15 is 0 Å². The van der Waals surface area contributed by atoms with Crippen LogP contribution < -0.4 is 5.73 Å². The lowest BCUT2D eigenvalue weighted by molar-refractivity contribution is -0.0321. The van der Waals surface area contributed by atoms with Crippen molar-refractivity contribution in [2.45, 2.75) is 6.42 Å². The summed E-state index contributed by atoms with van der Waals surface area (Å²) in [5.74, 6) is 2.51. The van der Waals surface area contributed by atoms with Crippen LogP contribution in [0.1, 0.15) is 5.82 Å². The fourth-order valence-corrected chi connectivity index (χ4v) is 2.47. The number of hydrogen-bond acceptors (Lipinski definition) is 5. The van der Waals surface area contributed by atoms with Crippen LogP contribution in [0.4, 0.5) is 5.82 Å². The van der Waals surface area contributed by atoms with E-state index in [9.17, 15) is 0 Å². The average molecular weight is 255 g/mol. The number of nitrogens with two attached hydrogens (primary N) is 1. The van der Waals surface area contributed by atoms with Crippen molar-refractivity contribution in [3.8, 4) is 0 Å². The Morgan fingerprint density at radius 1 is 1.26 bits per heavy atom. The molecule has 4 rings (SSSR count). The zero-order chi connectivity index (χ0) is 12.8. The number of fused-ring (bicyclic) bond motifs is 3. The Kier molecular flexibility index (Phi) is 2.19. The molecule has 0 atom stereocenters. The van der Waals surface area contributed by atoms with Gasteiger partial charge in [0, 0.05) is 17.7 Å². The number of hydrogen-bond donors (Lipinski definition) is 1. The lowest BCUT2D eigenvalue weighted by atomic mass is 10.0. The van der Waals surface area contributed by atoms with Crippen LogP contribution in [0.2, 0.25) is 0 Å². The van der Waals surface area contributed by atoms with Crippen molar-refractivity contribution in [1.29, 1.82) is 0 Å². The van der Waals surface area contributed by atoms with Gasteiger partial charge in [0.1, 0.15) is 11.6 Å². The number of para-hydroxylation sites is 1. The number of anilines is 1. The van der Waals surface area contributed by atoms with Crippen LogP contribution in [0.5, 0.6) is 0 Å². The maximum absolute atomic E-state index is 5.96. The van der Waals surface area contributed by atoms with Crippen LogP contribution in [0, 0.1) is 5.92 Å². The van der Waals surface area contributed by atoms with Crippen molar-refractivity contribution in [2.24, 2.45) is 5.92 Å². The Bertz CT molecular complexity index is 762. The molecule has 0 bridgehead atoms. The average Bonchev–Trinajstić information content (AvgIpc) is 2.77. The molecule has 0 saturated carbocycles. The van der Waals surface area contributed by atoms with Crippen molar-refractivity contribution >= 4 is 22.5 Å². The summed E-state index contributed by atoms with van der Waals surface area (Å²) < 4.78 is 7.20. The molecule has 0 unspecified atom stereocenters. The fraction of sp³-hybridized carbons (Fsp3) is 0.308. The fourth-order valence-electron chi connectivity index (χ4n) is 2.47. The van der Waals surface area contributed by atoms with Crippen molar-refractivity contribution in [2.75, 3.05) is 18.9 Å². The van der Waals surface area contributed by atoms with Gasteiger partial charge in [-0.25, -0.2) is 0 Å². The molecule has 96 valence electrons. The number of nitrogens with zero attached hydrogens (tertiary/aromatic N) is 4. The van der Waals surface area contributed by atoms with Crippen LogP contribution >= 0.6 is 0 Å². The molecule has 0 amide bonds. The van der Waals surface area contributed by atoms with Gasteiger partial charge in [-0.15, -0.1) is 10.2 Å².